The van der Waals surface area contributed by atoms with Gasteiger partial charge in [0.05, 0.1) is 0 Å². The maximum atomic E-state index is 12.7. The number of halogens is 1. The minimum Gasteiger partial charge on any atom is -0.461 e. The molecule has 0 spiro atoms. The molecule has 4 N–H and O–H groups in total. The van der Waals surface area contributed by atoms with Gasteiger partial charge in [0.15, 0.2) is 6.29 Å². The van der Waals surface area contributed by atoms with Gasteiger partial charge >= 0.3 is 0 Å². The number of furan rings is 1. The van der Waals surface area contributed by atoms with Gasteiger partial charge in [0, 0.05) is 35.3 Å². The van der Waals surface area contributed by atoms with E-state index in [1.165, 1.54) is 6.20 Å². The molecule has 1 amide bonds. The monoisotopic (exact) mass is 410 g/mol. The molecular weight excluding hydrogens is 388 g/mol. The highest BCUT2D eigenvalue weighted by atomic mass is 35.5. The molecule has 0 aliphatic carbocycles. The maximum absolute atomic E-state index is 12.7. The molecule has 1 atom stereocenters. The molecule has 0 radical (unpaired) electrons. The second-order valence-corrected chi connectivity index (χ2v) is 7.52. The summed E-state index contributed by atoms with van der Waals surface area (Å²) in [6.45, 7) is 4.53. The molecule has 0 fully saturated rings. The van der Waals surface area contributed by atoms with Gasteiger partial charge in [-0.15, -0.1) is 0 Å². The third-order valence-electron chi connectivity index (χ3n) is 5.14. The van der Waals surface area contributed by atoms with Crippen LogP contribution in [0.15, 0.2) is 58.8 Å². The highest BCUT2D eigenvalue weighted by molar-refractivity contribution is 6.30. The van der Waals surface area contributed by atoms with Gasteiger partial charge in [0.2, 0.25) is 0 Å². The zero-order valence-electron chi connectivity index (χ0n) is 16.3. The standard InChI is InChI=1S/C22H23ClN4O2/c1-3-19-13(2)17-10-16(8-9-20(17)29-19)26-22-25-11-18(24)21(28)27(22)12-14-4-6-15(23)7-5-14/h4-11,22,25-26H,3,12,24H2,1-2H3. The number of hydrogen-bond donors (Lipinski definition) is 3. The number of benzene rings is 2. The van der Waals surface area contributed by atoms with Crippen LogP contribution in [0.25, 0.3) is 11.0 Å². The number of carbonyl (C=O) groups is 1. The number of carbonyl (C=O) groups excluding carboxylic acids is 1. The lowest BCUT2D eigenvalue weighted by Gasteiger charge is -2.36. The number of rotatable bonds is 5. The molecule has 2 heterocycles. The number of nitrogens with two attached hydrogens (primary N) is 1. The molecule has 7 heteroatoms. The van der Waals surface area contributed by atoms with E-state index in [1.807, 2.05) is 30.3 Å². The number of hydrogen-bond acceptors (Lipinski definition) is 5. The summed E-state index contributed by atoms with van der Waals surface area (Å²) < 4.78 is 5.89. The lowest BCUT2D eigenvalue weighted by molar-refractivity contribution is -0.131. The smallest absolute Gasteiger partial charge is 0.274 e. The molecule has 0 saturated carbocycles. The average molecular weight is 411 g/mol. The fraction of sp³-hybridized carbons (Fsp3) is 0.227. The summed E-state index contributed by atoms with van der Waals surface area (Å²) in [6, 6.07) is 13.3. The Bertz CT molecular complexity index is 1090. The molecule has 1 aromatic heterocycles. The summed E-state index contributed by atoms with van der Waals surface area (Å²) in [5.41, 5.74) is 9.87. The molecule has 4 rings (SSSR count). The minimum absolute atomic E-state index is 0.172. The van der Waals surface area contributed by atoms with Crippen molar-refractivity contribution in [3.05, 3.63) is 76.3 Å². The molecule has 6 nitrogen and oxygen atoms in total. The van der Waals surface area contributed by atoms with E-state index in [1.54, 1.807) is 17.0 Å². The first-order chi connectivity index (χ1) is 14.0. The zero-order chi connectivity index (χ0) is 20.5. The van der Waals surface area contributed by atoms with E-state index in [9.17, 15) is 4.79 Å². The van der Waals surface area contributed by atoms with Crippen molar-refractivity contribution in [3.63, 3.8) is 0 Å². The van der Waals surface area contributed by atoms with Crippen molar-refractivity contribution in [1.29, 1.82) is 0 Å². The molecule has 0 bridgehead atoms. The van der Waals surface area contributed by atoms with Crippen LogP contribution < -0.4 is 16.4 Å². The number of amides is 1. The van der Waals surface area contributed by atoms with Crippen LogP contribution in [0.5, 0.6) is 0 Å². The quantitative estimate of drug-likeness (QED) is 0.590. The van der Waals surface area contributed by atoms with Crippen LogP contribution in [0.1, 0.15) is 23.8 Å². The van der Waals surface area contributed by atoms with E-state index < -0.39 is 6.29 Å². The van der Waals surface area contributed by atoms with E-state index in [-0.39, 0.29) is 11.6 Å². The first-order valence-electron chi connectivity index (χ1n) is 9.52. The summed E-state index contributed by atoms with van der Waals surface area (Å²) in [5.74, 6) is 0.758. The van der Waals surface area contributed by atoms with Gasteiger partial charge in [-0.1, -0.05) is 30.7 Å². The van der Waals surface area contributed by atoms with Crippen LogP contribution in [-0.4, -0.2) is 17.1 Å². The third-order valence-corrected chi connectivity index (χ3v) is 5.39. The highest BCUT2D eigenvalue weighted by Gasteiger charge is 2.29. The molecule has 2 aromatic carbocycles. The van der Waals surface area contributed by atoms with Crippen molar-refractivity contribution in [2.45, 2.75) is 33.1 Å². The zero-order valence-corrected chi connectivity index (χ0v) is 17.1. The number of aryl methyl sites for hydroxylation is 2. The van der Waals surface area contributed by atoms with Crippen molar-refractivity contribution in [3.8, 4) is 0 Å². The van der Waals surface area contributed by atoms with E-state index in [4.69, 9.17) is 21.8 Å². The summed E-state index contributed by atoms with van der Waals surface area (Å²) in [4.78, 5) is 14.4. The lowest BCUT2D eigenvalue weighted by atomic mass is 10.1. The van der Waals surface area contributed by atoms with Crippen LogP contribution in [0.2, 0.25) is 5.02 Å². The largest absolute Gasteiger partial charge is 0.461 e. The molecular formula is C22H23ClN4O2. The van der Waals surface area contributed by atoms with Gasteiger partial charge in [-0.3, -0.25) is 9.69 Å². The number of nitrogens with zero attached hydrogens (tertiary/aromatic N) is 1. The number of fused-ring (bicyclic) bond motifs is 1. The number of nitrogens with one attached hydrogen (secondary N) is 2. The third kappa shape index (κ3) is 3.76. The Kier molecular flexibility index (Phi) is 5.11. The van der Waals surface area contributed by atoms with Crippen molar-refractivity contribution in [2.75, 3.05) is 5.32 Å². The molecule has 1 aliphatic rings. The summed E-state index contributed by atoms with van der Waals surface area (Å²) in [5, 5.41) is 8.27. The van der Waals surface area contributed by atoms with Crippen molar-refractivity contribution in [2.24, 2.45) is 5.73 Å². The first kappa shape index (κ1) is 19.2. The van der Waals surface area contributed by atoms with Gasteiger partial charge in [0.25, 0.3) is 5.91 Å². The maximum Gasteiger partial charge on any atom is 0.274 e. The molecule has 150 valence electrons. The molecule has 0 saturated heterocycles. The Labute approximate surface area is 174 Å². The lowest BCUT2D eigenvalue weighted by Crippen LogP contribution is -2.55. The molecule has 29 heavy (non-hydrogen) atoms. The van der Waals surface area contributed by atoms with Crippen LogP contribution in [-0.2, 0) is 17.8 Å². The highest BCUT2D eigenvalue weighted by Crippen LogP contribution is 2.29. The minimum atomic E-state index is -0.444. The first-order valence-corrected chi connectivity index (χ1v) is 9.89. The normalized spacial score (nSPS) is 16.7. The van der Waals surface area contributed by atoms with Crippen molar-refractivity contribution < 1.29 is 9.21 Å². The predicted molar refractivity (Wildman–Crippen MR) is 115 cm³/mol. The SMILES string of the molecule is CCc1oc2ccc(NC3NC=C(N)C(=O)N3Cc3ccc(Cl)cc3)cc2c1C. The Morgan fingerprint density at radius 2 is 2.00 bits per heavy atom. The Morgan fingerprint density at radius 3 is 2.72 bits per heavy atom. The van der Waals surface area contributed by atoms with Gasteiger partial charge in [-0.25, -0.2) is 0 Å². The second kappa shape index (κ2) is 7.72. The van der Waals surface area contributed by atoms with Crippen molar-refractivity contribution >= 4 is 34.2 Å². The van der Waals surface area contributed by atoms with Crippen LogP contribution in [0.4, 0.5) is 5.69 Å². The summed E-state index contributed by atoms with van der Waals surface area (Å²) in [6.07, 6.45) is 1.94. The second-order valence-electron chi connectivity index (χ2n) is 7.09. The summed E-state index contributed by atoms with van der Waals surface area (Å²) >= 11 is 5.97. The fourth-order valence-electron chi connectivity index (χ4n) is 3.53. The summed E-state index contributed by atoms with van der Waals surface area (Å²) in [7, 11) is 0. The topological polar surface area (TPSA) is 83.5 Å². The average Bonchev–Trinajstić information content (AvgIpc) is 3.04. The molecule has 1 unspecified atom stereocenters. The van der Waals surface area contributed by atoms with Crippen molar-refractivity contribution in [1.82, 2.24) is 10.2 Å². The van der Waals surface area contributed by atoms with Crippen LogP contribution in [0.3, 0.4) is 0 Å². The Hall–Kier alpha value is -3.12. The van der Waals surface area contributed by atoms with Gasteiger partial charge in [0.1, 0.15) is 17.0 Å². The van der Waals surface area contributed by atoms with Crippen LogP contribution in [0, 0.1) is 6.92 Å². The molecule has 1 aliphatic heterocycles. The fourth-order valence-corrected chi connectivity index (χ4v) is 3.66. The Balaban J connectivity index is 1.61. The van der Waals surface area contributed by atoms with Gasteiger partial charge < -0.3 is 20.8 Å². The van der Waals surface area contributed by atoms with E-state index in [2.05, 4.69) is 24.5 Å². The molecule has 3 aromatic rings. The predicted octanol–water partition coefficient (Wildman–Crippen LogP) is 4.08. The van der Waals surface area contributed by atoms with Crippen LogP contribution >= 0.6 is 11.6 Å². The Morgan fingerprint density at radius 1 is 1.24 bits per heavy atom. The number of anilines is 1. The van der Waals surface area contributed by atoms with Gasteiger partial charge in [-0.2, -0.15) is 0 Å². The van der Waals surface area contributed by atoms with E-state index in [0.717, 1.165) is 40.0 Å². The van der Waals surface area contributed by atoms with E-state index >= 15 is 0 Å². The van der Waals surface area contributed by atoms with E-state index in [0.29, 0.717) is 11.6 Å². The van der Waals surface area contributed by atoms with Gasteiger partial charge in [-0.05, 0) is 48.4 Å².